The number of nitrogens with one attached hydrogen (secondary N) is 3. The molecule has 0 spiro atoms. The first-order valence-electron chi connectivity index (χ1n) is 12.2. The molecule has 0 aliphatic rings. The Kier molecular flexibility index (Phi) is 10.3. The van der Waals surface area contributed by atoms with Gasteiger partial charge in [0.15, 0.2) is 11.5 Å². The monoisotopic (exact) mass is 557 g/mol. The Hall–Kier alpha value is -4.74. The summed E-state index contributed by atoms with van der Waals surface area (Å²) in [6.45, 7) is 7.90. The molecule has 1 heterocycles. The lowest BCUT2D eigenvalue weighted by molar-refractivity contribution is -0.137. The van der Waals surface area contributed by atoms with Crippen molar-refractivity contribution in [1.82, 2.24) is 15.3 Å². The van der Waals surface area contributed by atoms with E-state index in [1.807, 2.05) is 0 Å². The number of methoxy groups -OCH3 is 1. The van der Waals surface area contributed by atoms with E-state index in [1.165, 1.54) is 26.3 Å². The largest absolute Gasteiger partial charge is 0.494 e. The minimum Gasteiger partial charge on any atom is -0.494 e. The lowest BCUT2D eigenvalue weighted by Crippen LogP contribution is -2.20. The third-order valence-electron chi connectivity index (χ3n) is 5.41. The summed E-state index contributed by atoms with van der Waals surface area (Å²) < 4.78 is 58.1. The molecule has 212 valence electrons. The summed E-state index contributed by atoms with van der Waals surface area (Å²) in [7, 11) is 2.87. The number of hydrogen-bond acceptors (Lipinski definition) is 8. The minimum absolute atomic E-state index is 0.0739. The van der Waals surface area contributed by atoms with Crippen LogP contribution in [0.15, 0.2) is 67.9 Å². The van der Waals surface area contributed by atoms with Gasteiger partial charge in [0, 0.05) is 25.0 Å². The average molecular weight is 558 g/mol. The highest BCUT2D eigenvalue weighted by molar-refractivity contribution is 6.00. The summed E-state index contributed by atoms with van der Waals surface area (Å²) in [5.74, 6) is 0.0425. The van der Waals surface area contributed by atoms with Crippen LogP contribution in [0.2, 0.25) is 0 Å². The molecule has 12 heteroatoms. The van der Waals surface area contributed by atoms with Gasteiger partial charge >= 0.3 is 6.18 Å². The molecule has 0 bridgehead atoms. The molecule has 9 nitrogen and oxygen atoms in total. The molecule has 0 fully saturated rings. The van der Waals surface area contributed by atoms with Crippen molar-refractivity contribution < 1.29 is 32.2 Å². The van der Waals surface area contributed by atoms with Crippen LogP contribution in [-0.4, -0.2) is 43.2 Å². The number of ether oxygens (including phenoxy) is 3. The van der Waals surface area contributed by atoms with Crippen molar-refractivity contribution in [2.45, 2.75) is 19.0 Å². The van der Waals surface area contributed by atoms with Crippen LogP contribution < -0.4 is 30.2 Å². The van der Waals surface area contributed by atoms with Gasteiger partial charge in [0.25, 0.3) is 5.91 Å². The van der Waals surface area contributed by atoms with Crippen LogP contribution >= 0.6 is 0 Å². The quantitative estimate of drug-likeness (QED) is 0.158. The molecule has 3 aromatic rings. The number of alkyl halides is 3. The van der Waals surface area contributed by atoms with Crippen LogP contribution in [0, 0.1) is 0 Å². The van der Waals surface area contributed by atoms with E-state index in [-0.39, 0.29) is 23.8 Å². The number of benzene rings is 2. The number of rotatable bonds is 14. The molecule has 2 aromatic carbocycles. The Labute approximate surface area is 230 Å². The van der Waals surface area contributed by atoms with Crippen LogP contribution in [0.25, 0.3) is 0 Å². The van der Waals surface area contributed by atoms with Crippen LogP contribution in [0.5, 0.6) is 17.2 Å². The maximum Gasteiger partial charge on any atom is 0.421 e. The van der Waals surface area contributed by atoms with Crippen LogP contribution in [0.1, 0.15) is 28.8 Å². The van der Waals surface area contributed by atoms with Gasteiger partial charge in [-0.25, -0.2) is 4.98 Å². The molecule has 1 aromatic heterocycles. The fraction of sp³-hybridized carbons (Fsp3) is 0.250. The molecule has 0 aliphatic heterocycles. The van der Waals surface area contributed by atoms with E-state index in [2.05, 4.69) is 39.1 Å². The lowest BCUT2D eigenvalue weighted by atomic mass is 10.1. The van der Waals surface area contributed by atoms with Gasteiger partial charge in [-0.3, -0.25) is 4.79 Å². The number of carbonyl (C=O) groups is 1. The molecule has 0 unspecified atom stereocenters. The van der Waals surface area contributed by atoms with Crippen LogP contribution in [0.4, 0.5) is 36.3 Å². The van der Waals surface area contributed by atoms with Gasteiger partial charge < -0.3 is 30.2 Å². The highest BCUT2D eigenvalue weighted by Gasteiger charge is 2.35. The number of amides is 1. The zero-order valence-electron chi connectivity index (χ0n) is 22.1. The summed E-state index contributed by atoms with van der Waals surface area (Å²) in [4.78, 5) is 20.5. The standard InChI is InChI=1S/C28H30F3N5O4/c1-5-7-8-14-39-19-10-11-22(20(16-19)26(37)32-3)35-25-21(28(29,30)31)17-33-27(36-25)34-18-9-12-23(40-13-6-2)24(15-18)38-4/h5-6,9-12,15-17H,1-2,7-8,13-14H2,3-4H3,(H,32,37)(H2,33,34,35,36). The number of unbranched alkanes of at least 4 members (excludes halogenated alkanes) is 1. The van der Waals surface area contributed by atoms with Crippen molar-refractivity contribution >= 4 is 29.0 Å². The number of carbonyl (C=O) groups excluding carboxylic acids is 1. The first-order valence-corrected chi connectivity index (χ1v) is 12.2. The number of allylic oxidation sites excluding steroid dienone is 1. The van der Waals surface area contributed by atoms with E-state index in [0.29, 0.717) is 35.7 Å². The number of halogens is 3. The van der Waals surface area contributed by atoms with Crippen LogP contribution in [-0.2, 0) is 6.18 Å². The lowest BCUT2D eigenvalue weighted by Gasteiger charge is -2.17. The minimum atomic E-state index is -4.77. The van der Waals surface area contributed by atoms with Crippen molar-refractivity contribution in [1.29, 1.82) is 0 Å². The Morgan fingerprint density at radius 3 is 2.52 bits per heavy atom. The second-order valence-electron chi connectivity index (χ2n) is 8.23. The maximum absolute atomic E-state index is 13.9. The fourth-order valence-electron chi connectivity index (χ4n) is 3.48. The molecular formula is C28H30F3N5O4. The van der Waals surface area contributed by atoms with Gasteiger partial charge in [-0.1, -0.05) is 18.7 Å². The van der Waals surface area contributed by atoms with Gasteiger partial charge in [0.2, 0.25) is 5.95 Å². The summed E-state index contributed by atoms with van der Waals surface area (Å²) in [6.07, 6.45) is 0.715. The SMILES string of the molecule is C=CCCCOc1ccc(Nc2nc(Nc3ccc(OCC=C)c(OC)c3)ncc2C(F)(F)F)c(C(=O)NC)c1. The highest BCUT2D eigenvalue weighted by atomic mass is 19.4. The number of aromatic nitrogens is 2. The predicted molar refractivity (Wildman–Crippen MR) is 147 cm³/mol. The molecule has 0 atom stereocenters. The first-order chi connectivity index (χ1) is 19.2. The van der Waals surface area contributed by atoms with Crippen molar-refractivity contribution in [3.63, 3.8) is 0 Å². The molecule has 0 aliphatic carbocycles. The maximum atomic E-state index is 13.9. The van der Waals surface area contributed by atoms with Crippen molar-refractivity contribution in [3.8, 4) is 17.2 Å². The van der Waals surface area contributed by atoms with Gasteiger partial charge in [-0.15, -0.1) is 6.58 Å². The molecule has 1 amide bonds. The average Bonchev–Trinajstić information content (AvgIpc) is 2.94. The van der Waals surface area contributed by atoms with Gasteiger partial charge in [0.05, 0.1) is 25.0 Å². The van der Waals surface area contributed by atoms with Gasteiger partial charge in [0.1, 0.15) is 23.7 Å². The summed E-state index contributed by atoms with van der Waals surface area (Å²) in [5.41, 5.74) is -0.503. The molecule has 3 N–H and O–H groups in total. The smallest absolute Gasteiger partial charge is 0.421 e. The topological polar surface area (TPSA) is 107 Å². The van der Waals surface area contributed by atoms with E-state index < -0.39 is 23.5 Å². The van der Waals surface area contributed by atoms with E-state index >= 15 is 0 Å². The first kappa shape index (κ1) is 29.8. The Bertz CT molecular complexity index is 1350. The third kappa shape index (κ3) is 7.88. The highest BCUT2D eigenvalue weighted by Crippen LogP contribution is 2.37. The van der Waals surface area contributed by atoms with Crippen molar-refractivity contribution in [3.05, 3.63) is 79.0 Å². The molecule has 0 saturated carbocycles. The molecule has 3 rings (SSSR count). The van der Waals surface area contributed by atoms with E-state index in [1.54, 1.807) is 36.4 Å². The fourth-order valence-corrected chi connectivity index (χ4v) is 3.48. The molecular weight excluding hydrogens is 527 g/mol. The molecule has 40 heavy (non-hydrogen) atoms. The zero-order valence-corrected chi connectivity index (χ0v) is 22.1. The second kappa shape index (κ2) is 13.9. The summed E-state index contributed by atoms with van der Waals surface area (Å²) >= 11 is 0. The van der Waals surface area contributed by atoms with Crippen LogP contribution in [0.3, 0.4) is 0 Å². The number of anilines is 4. The molecule has 0 radical (unpaired) electrons. The van der Waals surface area contributed by atoms with E-state index in [9.17, 15) is 18.0 Å². The predicted octanol–water partition coefficient (Wildman–Crippen LogP) is 6.26. The third-order valence-corrected chi connectivity index (χ3v) is 5.41. The number of nitrogens with zero attached hydrogens (tertiary/aromatic N) is 2. The number of hydrogen-bond donors (Lipinski definition) is 3. The summed E-state index contributed by atoms with van der Waals surface area (Å²) in [5, 5.41) is 8.00. The van der Waals surface area contributed by atoms with Crippen molar-refractivity contribution in [2.75, 3.05) is 38.0 Å². The van der Waals surface area contributed by atoms with Crippen molar-refractivity contribution in [2.24, 2.45) is 0 Å². The zero-order chi connectivity index (χ0) is 29.1. The summed E-state index contributed by atoms with van der Waals surface area (Å²) in [6, 6.07) is 9.31. The van der Waals surface area contributed by atoms with Gasteiger partial charge in [-0.05, 0) is 43.2 Å². The normalized spacial score (nSPS) is 10.8. The van der Waals surface area contributed by atoms with Gasteiger partial charge in [-0.2, -0.15) is 18.2 Å². The Balaban J connectivity index is 1.94. The van der Waals surface area contributed by atoms with E-state index in [0.717, 1.165) is 12.8 Å². The van der Waals surface area contributed by atoms with E-state index in [4.69, 9.17) is 14.2 Å². The molecule has 0 saturated heterocycles. The Morgan fingerprint density at radius 2 is 1.85 bits per heavy atom. The second-order valence-corrected chi connectivity index (χ2v) is 8.23. The Morgan fingerprint density at radius 1 is 1.05 bits per heavy atom.